The van der Waals surface area contributed by atoms with Gasteiger partial charge in [-0.15, -0.1) is 0 Å². The van der Waals surface area contributed by atoms with E-state index in [2.05, 4.69) is 23.4 Å². The molecule has 0 aromatic heterocycles. The number of primary amides is 1. The molecule has 1 saturated heterocycles. The maximum absolute atomic E-state index is 11.9. The van der Waals surface area contributed by atoms with Crippen molar-refractivity contribution in [2.45, 2.75) is 6.42 Å². The summed E-state index contributed by atoms with van der Waals surface area (Å²) in [6, 6.07) is 4.99. The van der Waals surface area contributed by atoms with Crippen molar-refractivity contribution >= 4 is 23.2 Å². The number of carbonyl (C=O) groups is 2. The number of nitrogens with two attached hydrogens (primary N) is 2. The number of ether oxygens (including phenoxy) is 2. The Labute approximate surface area is 174 Å². The molecule has 1 aliphatic heterocycles. The van der Waals surface area contributed by atoms with Crippen LogP contribution in [0, 0.1) is 17.3 Å². The molecule has 0 spiro atoms. The third-order valence-corrected chi connectivity index (χ3v) is 4.24. The van der Waals surface area contributed by atoms with Gasteiger partial charge in [-0.05, 0) is 24.1 Å². The Morgan fingerprint density at radius 1 is 1.23 bits per heavy atom. The number of methoxy groups -OCH3 is 2. The SMILES string of the molecule is C=CC(=O)N1CC/C(=N\C(N)=C(/C(=N)C#Cc2cc(OC)cc(OC)c2)C(N)=O)C1. The quantitative estimate of drug-likeness (QED) is 0.358. The molecule has 1 fully saturated rings. The van der Waals surface area contributed by atoms with Crippen molar-refractivity contribution in [2.24, 2.45) is 16.5 Å². The number of hydrogen-bond donors (Lipinski definition) is 3. The number of amides is 2. The van der Waals surface area contributed by atoms with Gasteiger partial charge in [0, 0.05) is 30.3 Å². The maximum atomic E-state index is 11.9. The molecule has 1 aliphatic rings. The van der Waals surface area contributed by atoms with E-state index in [1.54, 1.807) is 23.1 Å². The first-order valence-corrected chi connectivity index (χ1v) is 8.90. The minimum absolute atomic E-state index is 0.215. The van der Waals surface area contributed by atoms with E-state index in [-0.39, 0.29) is 29.6 Å². The zero-order valence-electron chi connectivity index (χ0n) is 16.8. The third kappa shape index (κ3) is 5.48. The second-order valence-electron chi connectivity index (χ2n) is 6.24. The molecule has 2 rings (SSSR count). The van der Waals surface area contributed by atoms with Crippen molar-refractivity contribution < 1.29 is 19.1 Å². The van der Waals surface area contributed by atoms with E-state index in [1.807, 2.05) is 0 Å². The number of aliphatic imine (C=N–C) groups is 1. The van der Waals surface area contributed by atoms with Gasteiger partial charge in [0.05, 0.1) is 20.8 Å². The monoisotopic (exact) mass is 409 g/mol. The van der Waals surface area contributed by atoms with E-state index in [9.17, 15) is 9.59 Å². The third-order valence-electron chi connectivity index (χ3n) is 4.24. The topological polar surface area (TPSA) is 144 Å². The van der Waals surface area contributed by atoms with E-state index < -0.39 is 5.91 Å². The van der Waals surface area contributed by atoms with Crippen LogP contribution in [0.15, 0.2) is 47.2 Å². The van der Waals surface area contributed by atoms with Crippen LogP contribution in [0.1, 0.15) is 12.0 Å². The highest BCUT2D eigenvalue weighted by molar-refractivity contribution is 6.27. The fraction of sp³-hybridized carbons (Fsp3) is 0.238. The van der Waals surface area contributed by atoms with E-state index >= 15 is 0 Å². The summed E-state index contributed by atoms with van der Waals surface area (Å²) in [6.45, 7) is 4.18. The van der Waals surface area contributed by atoms with Crippen molar-refractivity contribution in [2.75, 3.05) is 27.3 Å². The van der Waals surface area contributed by atoms with Crippen LogP contribution in [0.25, 0.3) is 0 Å². The molecule has 0 aliphatic carbocycles. The lowest BCUT2D eigenvalue weighted by molar-refractivity contribution is -0.124. The summed E-state index contributed by atoms with van der Waals surface area (Å²) in [6.07, 6.45) is 1.71. The van der Waals surface area contributed by atoms with Crippen LogP contribution in [-0.2, 0) is 9.59 Å². The van der Waals surface area contributed by atoms with Gasteiger partial charge in [0.1, 0.15) is 28.6 Å². The Bertz CT molecular complexity index is 992. The Hall–Kier alpha value is -4.06. The highest BCUT2D eigenvalue weighted by Gasteiger charge is 2.22. The van der Waals surface area contributed by atoms with E-state index in [1.165, 1.54) is 20.3 Å². The van der Waals surface area contributed by atoms with Gasteiger partial charge in [-0.3, -0.25) is 15.0 Å². The molecule has 5 N–H and O–H groups in total. The molecule has 0 unspecified atom stereocenters. The predicted molar refractivity (Wildman–Crippen MR) is 113 cm³/mol. The van der Waals surface area contributed by atoms with Crippen molar-refractivity contribution in [1.82, 2.24) is 4.90 Å². The number of carbonyl (C=O) groups excluding carboxylic acids is 2. The van der Waals surface area contributed by atoms with E-state index in [0.29, 0.717) is 35.7 Å². The Kier molecular flexibility index (Phi) is 7.36. The fourth-order valence-corrected chi connectivity index (χ4v) is 2.73. The summed E-state index contributed by atoms with van der Waals surface area (Å²) in [5.41, 5.74) is 11.8. The number of rotatable bonds is 6. The lowest BCUT2D eigenvalue weighted by atomic mass is 10.1. The normalized spacial score (nSPS) is 15.0. The molecule has 156 valence electrons. The summed E-state index contributed by atoms with van der Waals surface area (Å²) in [5.74, 6) is 5.03. The molecule has 1 aromatic carbocycles. The van der Waals surface area contributed by atoms with E-state index in [4.69, 9.17) is 26.4 Å². The first-order valence-electron chi connectivity index (χ1n) is 8.90. The van der Waals surface area contributed by atoms with E-state index in [0.717, 1.165) is 0 Å². The second kappa shape index (κ2) is 9.93. The molecule has 9 nitrogen and oxygen atoms in total. The number of hydrogen-bond acceptors (Lipinski definition) is 7. The molecule has 30 heavy (non-hydrogen) atoms. The number of likely N-dealkylation sites (tertiary alicyclic amines) is 1. The summed E-state index contributed by atoms with van der Waals surface area (Å²) in [5, 5.41) is 8.14. The first-order chi connectivity index (χ1) is 14.3. The van der Waals surface area contributed by atoms with Crippen molar-refractivity contribution in [3.8, 4) is 23.3 Å². The van der Waals surface area contributed by atoms with Crippen LogP contribution in [0.5, 0.6) is 11.5 Å². The van der Waals surface area contributed by atoms with Crippen LogP contribution in [0.3, 0.4) is 0 Å². The molecule has 0 atom stereocenters. The minimum atomic E-state index is -0.920. The van der Waals surface area contributed by atoms with Crippen LogP contribution in [-0.4, -0.2) is 55.4 Å². The van der Waals surface area contributed by atoms with Crippen molar-refractivity contribution in [1.29, 1.82) is 5.41 Å². The van der Waals surface area contributed by atoms with Crippen LogP contribution < -0.4 is 20.9 Å². The number of nitrogens with one attached hydrogen (secondary N) is 1. The molecule has 1 heterocycles. The smallest absolute Gasteiger partial charge is 0.255 e. The van der Waals surface area contributed by atoms with Gasteiger partial charge >= 0.3 is 0 Å². The zero-order valence-corrected chi connectivity index (χ0v) is 16.8. The average molecular weight is 409 g/mol. The molecule has 1 aromatic rings. The predicted octanol–water partition coefficient (Wildman–Crippen LogP) is 0.590. The van der Waals surface area contributed by atoms with Gasteiger partial charge in [0.25, 0.3) is 5.91 Å². The Balaban J connectivity index is 2.31. The first kappa shape index (κ1) is 22.2. The number of benzene rings is 1. The summed E-state index contributed by atoms with van der Waals surface area (Å²) >= 11 is 0. The molecule has 0 radical (unpaired) electrons. The standard InChI is InChI=1S/C21H23N5O4/c1-4-18(27)26-8-7-14(12-26)25-20(23)19(21(24)28)17(22)6-5-13-9-15(29-2)11-16(10-13)30-3/h4,9-11,22H,1,7-8,12,23H2,2-3H3,(H2,24,28)/b20-19+,22-17?,25-14+. The average Bonchev–Trinajstić information content (AvgIpc) is 3.19. The fourth-order valence-electron chi connectivity index (χ4n) is 2.73. The summed E-state index contributed by atoms with van der Waals surface area (Å²) in [4.78, 5) is 29.3. The van der Waals surface area contributed by atoms with Crippen LogP contribution in [0.4, 0.5) is 0 Å². The summed E-state index contributed by atoms with van der Waals surface area (Å²) in [7, 11) is 3.02. The van der Waals surface area contributed by atoms with Crippen molar-refractivity contribution in [3.63, 3.8) is 0 Å². The highest BCUT2D eigenvalue weighted by Crippen LogP contribution is 2.21. The van der Waals surface area contributed by atoms with Gasteiger partial charge in [-0.2, -0.15) is 0 Å². The van der Waals surface area contributed by atoms with Crippen molar-refractivity contribution in [3.05, 3.63) is 47.8 Å². The highest BCUT2D eigenvalue weighted by atomic mass is 16.5. The summed E-state index contributed by atoms with van der Waals surface area (Å²) < 4.78 is 10.4. The van der Waals surface area contributed by atoms with Gasteiger partial charge in [-0.1, -0.05) is 12.5 Å². The van der Waals surface area contributed by atoms with Gasteiger partial charge in [-0.25, -0.2) is 4.99 Å². The Morgan fingerprint density at radius 2 is 1.87 bits per heavy atom. The molecule has 9 heteroatoms. The lowest BCUT2D eigenvalue weighted by Gasteiger charge is -2.10. The molecular weight excluding hydrogens is 386 g/mol. The van der Waals surface area contributed by atoms with Crippen LogP contribution >= 0.6 is 0 Å². The van der Waals surface area contributed by atoms with Gasteiger partial charge < -0.3 is 25.8 Å². The minimum Gasteiger partial charge on any atom is -0.497 e. The largest absolute Gasteiger partial charge is 0.497 e. The molecular formula is C21H23N5O4. The second-order valence-corrected chi connectivity index (χ2v) is 6.24. The van der Waals surface area contributed by atoms with Gasteiger partial charge in [0.15, 0.2) is 0 Å². The van der Waals surface area contributed by atoms with Crippen LogP contribution in [0.2, 0.25) is 0 Å². The van der Waals surface area contributed by atoms with Gasteiger partial charge in [0.2, 0.25) is 5.91 Å². The number of nitrogens with zero attached hydrogens (tertiary/aromatic N) is 2. The Morgan fingerprint density at radius 3 is 2.40 bits per heavy atom. The molecule has 0 bridgehead atoms. The molecule has 2 amide bonds. The lowest BCUT2D eigenvalue weighted by Crippen LogP contribution is -2.27. The zero-order chi connectivity index (χ0) is 22.3. The molecule has 0 saturated carbocycles. The maximum Gasteiger partial charge on any atom is 0.255 e.